The van der Waals surface area contributed by atoms with E-state index in [0.717, 1.165) is 31.6 Å². The van der Waals surface area contributed by atoms with Crippen molar-refractivity contribution >= 4 is 17.4 Å². The van der Waals surface area contributed by atoms with Gasteiger partial charge in [0.1, 0.15) is 11.5 Å². The fourth-order valence-corrected chi connectivity index (χ4v) is 4.65. The number of carbonyl (C=O) groups excluding carboxylic acids is 2. The maximum Gasteiger partial charge on any atom is 0.295 e. The van der Waals surface area contributed by atoms with E-state index in [1.54, 1.807) is 29.2 Å². The number of aliphatic hydroxyl groups excluding tert-OH is 1. The lowest BCUT2D eigenvalue weighted by Crippen LogP contribution is -3.11. The number of rotatable bonds is 11. The average Bonchev–Trinajstić information content (AvgIpc) is 3.12. The molecular weight excluding hydrogens is 440 g/mol. The van der Waals surface area contributed by atoms with Gasteiger partial charge in [0.25, 0.3) is 11.7 Å². The van der Waals surface area contributed by atoms with Crippen molar-refractivity contribution in [2.24, 2.45) is 0 Å². The normalized spacial score (nSPS) is 17.6. The van der Waals surface area contributed by atoms with Crippen molar-refractivity contribution in [3.8, 4) is 5.75 Å². The largest absolute Gasteiger partial charge is 0.507 e. The number of aliphatic hydroxyl groups is 1. The number of ether oxygens (including phenoxy) is 1. The van der Waals surface area contributed by atoms with Gasteiger partial charge in [0, 0.05) is 18.5 Å². The van der Waals surface area contributed by atoms with Gasteiger partial charge in [-0.15, -0.1) is 0 Å². The number of nitrogens with one attached hydrogen (secondary N) is 1. The lowest BCUT2D eigenvalue weighted by Gasteiger charge is -2.26. The fraction of sp³-hybridized carbons (Fsp3) is 0.448. The second-order valence-corrected chi connectivity index (χ2v) is 9.33. The summed E-state index contributed by atoms with van der Waals surface area (Å²) in [4.78, 5) is 29.5. The van der Waals surface area contributed by atoms with Crippen LogP contribution >= 0.6 is 0 Å². The van der Waals surface area contributed by atoms with E-state index in [2.05, 4.69) is 27.7 Å². The Labute approximate surface area is 209 Å². The molecule has 1 heterocycles. The molecule has 3 rings (SSSR count). The lowest BCUT2D eigenvalue weighted by molar-refractivity contribution is -0.896. The molecule has 188 valence electrons. The van der Waals surface area contributed by atoms with Gasteiger partial charge in [0.2, 0.25) is 0 Å². The average molecular weight is 480 g/mol. The van der Waals surface area contributed by atoms with Crippen molar-refractivity contribution in [1.29, 1.82) is 0 Å². The van der Waals surface area contributed by atoms with E-state index >= 15 is 0 Å². The molecule has 0 saturated carbocycles. The maximum atomic E-state index is 13.2. The molecule has 1 aliphatic heterocycles. The molecule has 2 aromatic rings. The monoisotopic (exact) mass is 479 g/mol. The Morgan fingerprint density at radius 3 is 2.17 bits per heavy atom. The van der Waals surface area contributed by atoms with Gasteiger partial charge in [-0.05, 0) is 62.1 Å². The summed E-state index contributed by atoms with van der Waals surface area (Å²) in [6.07, 6.45) is 0.785. The zero-order valence-electron chi connectivity index (χ0n) is 21.6. The van der Waals surface area contributed by atoms with E-state index in [1.807, 2.05) is 31.2 Å². The first kappa shape index (κ1) is 26.5. The van der Waals surface area contributed by atoms with Crippen LogP contribution in [0, 0.1) is 0 Å². The van der Waals surface area contributed by atoms with Crippen LogP contribution in [0.1, 0.15) is 69.7 Å². The number of Topliss-reactive ketones (excluding diaryl/α,β-unsaturated/α-hetero) is 1. The number of quaternary nitrogens is 1. The van der Waals surface area contributed by atoms with Crippen LogP contribution in [0.15, 0.2) is 54.1 Å². The second kappa shape index (κ2) is 12.0. The quantitative estimate of drug-likeness (QED) is 0.291. The van der Waals surface area contributed by atoms with Gasteiger partial charge in [-0.2, -0.15) is 0 Å². The molecule has 6 heteroatoms. The van der Waals surface area contributed by atoms with E-state index in [-0.39, 0.29) is 11.3 Å². The minimum absolute atomic E-state index is 0.145. The van der Waals surface area contributed by atoms with Crippen molar-refractivity contribution < 1.29 is 24.3 Å². The summed E-state index contributed by atoms with van der Waals surface area (Å²) < 4.78 is 5.50. The summed E-state index contributed by atoms with van der Waals surface area (Å²) in [5.41, 5.74) is 2.65. The third-order valence-electron chi connectivity index (χ3n) is 6.83. The van der Waals surface area contributed by atoms with Gasteiger partial charge < -0.3 is 19.6 Å². The molecule has 0 bridgehead atoms. The van der Waals surface area contributed by atoms with Crippen molar-refractivity contribution in [2.45, 2.75) is 53.0 Å². The van der Waals surface area contributed by atoms with Crippen molar-refractivity contribution in [2.75, 3.05) is 32.8 Å². The van der Waals surface area contributed by atoms with Gasteiger partial charge in [0.15, 0.2) is 0 Å². The Morgan fingerprint density at radius 2 is 1.63 bits per heavy atom. The van der Waals surface area contributed by atoms with Gasteiger partial charge in [-0.3, -0.25) is 9.59 Å². The summed E-state index contributed by atoms with van der Waals surface area (Å²) in [6.45, 7) is 14.4. The molecule has 35 heavy (non-hydrogen) atoms. The number of amides is 1. The molecule has 1 saturated heterocycles. The smallest absolute Gasteiger partial charge is 0.295 e. The number of likely N-dealkylation sites (tertiary alicyclic amines) is 1. The summed E-state index contributed by atoms with van der Waals surface area (Å²) >= 11 is 0. The third kappa shape index (κ3) is 5.93. The number of nitrogens with zero attached hydrogens (tertiary/aromatic N) is 1. The molecule has 0 spiro atoms. The highest BCUT2D eigenvalue weighted by atomic mass is 16.5. The minimum Gasteiger partial charge on any atom is -0.507 e. The van der Waals surface area contributed by atoms with Crippen LogP contribution in [-0.4, -0.2) is 54.5 Å². The molecule has 0 aliphatic carbocycles. The van der Waals surface area contributed by atoms with Gasteiger partial charge in [0.05, 0.1) is 37.9 Å². The topological polar surface area (TPSA) is 71.3 Å². The van der Waals surface area contributed by atoms with E-state index in [1.165, 1.54) is 10.5 Å². The molecule has 2 aromatic carbocycles. The highest BCUT2D eigenvalue weighted by Crippen LogP contribution is 2.40. The highest BCUT2D eigenvalue weighted by Gasteiger charge is 2.45. The SMILES string of the molecule is CCOc1ccc(C(O)=C2C(=O)C(=O)N(CCC[NH+](CC)CC)[C@@H]2c2ccc(C(C)C)cc2)cc1. The summed E-state index contributed by atoms with van der Waals surface area (Å²) in [5, 5.41) is 11.2. The summed E-state index contributed by atoms with van der Waals surface area (Å²) in [5.74, 6) is -0.281. The first-order valence-corrected chi connectivity index (χ1v) is 12.8. The van der Waals surface area contributed by atoms with Crippen LogP contribution in [0.2, 0.25) is 0 Å². The van der Waals surface area contributed by atoms with E-state index in [9.17, 15) is 14.7 Å². The Kier molecular flexibility index (Phi) is 9.10. The van der Waals surface area contributed by atoms with Crippen LogP contribution in [0.3, 0.4) is 0 Å². The molecule has 0 unspecified atom stereocenters. The summed E-state index contributed by atoms with van der Waals surface area (Å²) in [6, 6.07) is 14.4. The molecule has 1 aliphatic rings. The van der Waals surface area contributed by atoms with Crippen molar-refractivity contribution in [3.05, 3.63) is 70.8 Å². The highest BCUT2D eigenvalue weighted by molar-refractivity contribution is 6.46. The lowest BCUT2D eigenvalue weighted by atomic mass is 9.93. The number of hydrogen-bond donors (Lipinski definition) is 2. The summed E-state index contributed by atoms with van der Waals surface area (Å²) in [7, 11) is 0. The van der Waals surface area contributed by atoms with Crippen LogP contribution in [0.25, 0.3) is 5.76 Å². The van der Waals surface area contributed by atoms with Crippen LogP contribution in [-0.2, 0) is 9.59 Å². The number of carbonyl (C=O) groups is 2. The zero-order valence-corrected chi connectivity index (χ0v) is 21.6. The minimum atomic E-state index is -0.635. The van der Waals surface area contributed by atoms with Gasteiger partial charge >= 0.3 is 0 Å². The van der Waals surface area contributed by atoms with Crippen molar-refractivity contribution in [3.63, 3.8) is 0 Å². The zero-order chi connectivity index (χ0) is 25.5. The second-order valence-electron chi connectivity index (χ2n) is 9.33. The third-order valence-corrected chi connectivity index (χ3v) is 6.83. The first-order chi connectivity index (χ1) is 16.8. The molecule has 6 nitrogen and oxygen atoms in total. The number of ketones is 1. The van der Waals surface area contributed by atoms with E-state index in [4.69, 9.17) is 4.74 Å². The van der Waals surface area contributed by atoms with Crippen molar-refractivity contribution in [1.82, 2.24) is 4.90 Å². The van der Waals surface area contributed by atoms with Gasteiger partial charge in [-0.25, -0.2) is 0 Å². The molecule has 1 amide bonds. The van der Waals surface area contributed by atoms with Crippen LogP contribution in [0.4, 0.5) is 0 Å². The Balaban J connectivity index is 2.01. The molecule has 1 atom stereocenters. The van der Waals surface area contributed by atoms with E-state index in [0.29, 0.717) is 30.4 Å². The fourth-order valence-electron chi connectivity index (χ4n) is 4.65. The Hall–Kier alpha value is -3.12. The number of hydrogen-bond acceptors (Lipinski definition) is 4. The molecule has 0 aromatic heterocycles. The molecule has 2 N–H and O–H groups in total. The Bertz CT molecular complexity index is 1040. The van der Waals surface area contributed by atoms with Crippen LogP contribution in [0.5, 0.6) is 5.75 Å². The maximum absolute atomic E-state index is 13.2. The first-order valence-electron chi connectivity index (χ1n) is 12.8. The predicted molar refractivity (Wildman–Crippen MR) is 139 cm³/mol. The van der Waals surface area contributed by atoms with Crippen LogP contribution < -0.4 is 9.64 Å². The molecular formula is C29H39N2O4+. The standard InChI is InChI=1S/C29H38N2O4/c1-6-30(7-2)18-9-19-31-26(22-12-10-21(11-13-22)20(4)5)25(28(33)29(31)34)27(32)23-14-16-24(17-15-23)35-8-3/h10-17,20,26,32H,6-9,18-19H2,1-5H3/p+1/t26-/m1/s1. The van der Waals surface area contributed by atoms with Gasteiger partial charge in [-0.1, -0.05) is 38.1 Å². The Morgan fingerprint density at radius 1 is 1.00 bits per heavy atom. The molecule has 0 radical (unpaired) electrons. The predicted octanol–water partition coefficient (Wildman–Crippen LogP) is 3.95. The number of benzene rings is 2. The molecule has 1 fully saturated rings. The van der Waals surface area contributed by atoms with E-state index < -0.39 is 17.7 Å².